The fourth-order valence-electron chi connectivity index (χ4n) is 1.17. The lowest BCUT2D eigenvalue weighted by Crippen LogP contribution is -2.10. The van der Waals surface area contributed by atoms with Gasteiger partial charge in [-0.15, -0.1) is 0 Å². The van der Waals surface area contributed by atoms with Gasteiger partial charge in [-0.1, -0.05) is 18.2 Å². The lowest BCUT2D eigenvalue weighted by atomic mass is 10.2. The first-order chi connectivity index (χ1) is 7.09. The van der Waals surface area contributed by atoms with Crippen molar-refractivity contribution in [3.63, 3.8) is 0 Å². The molecule has 0 aromatic heterocycles. The normalized spacial score (nSPS) is 13.3. The molecule has 0 saturated heterocycles. The minimum atomic E-state index is -0.918. The summed E-state index contributed by atoms with van der Waals surface area (Å²) in [5, 5.41) is 8.67. The molecule has 1 aromatic rings. The second kappa shape index (κ2) is 5.20. The Morgan fingerprint density at radius 2 is 2.00 bits per heavy atom. The summed E-state index contributed by atoms with van der Waals surface area (Å²) in [6, 6.07) is 9.31. The molecule has 0 bridgehead atoms. The predicted octanol–water partition coefficient (Wildman–Crippen LogP) is 2.48. The molecule has 1 rings (SSSR count). The van der Waals surface area contributed by atoms with Gasteiger partial charge in [0.05, 0.1) is 0 Å². The Balaban J connectivity index is 2.61. The predicted molar refractivity (Wildman–Crippen MR) is 57.9 cm³/mol. The maximum atomic E-state index is 10.6. The molecular formula is C12H14O3. The molecule has 0 saturated carbocycles. The topological polar surface area (TPSA) is 46.5 Å². The van der Waals surface area contributed by atoms with Crippen molar-refractivity contribution in [2.24, 2.45) is 0 Å². The molecule has 3 nitrogen and oxygen atoms in total. The Kier molecular flexibility index (Phi) is 3.92. The number of hydrogen-bond acceptors (Lipinski definition) is 2. The second-order valence-corrected chi connectivity index (χ2v) is 3.29. The second-order valence-electron chi connectivity index (χ2n) is 3.29. The summed E-state index contributed by atoms with van der Waals surface area (Å²) in [4.78, 5) is 10.6. The van der Waals surface area contributed by atoms with Crippen molar-refractivity contribution in [2.75, 3.05) is 0 Å². The highest BCUT2D eigenvalue weighted by molar-refractivity contribution is 5.85. The first-order valence-corrected chi connectivity index (χ1v) is 4.73. The number of aliphatic carboxylic acids is 1. The first-order valence-electron chi connectivity index (χ1n) is 4.73. The van der Waals surface area contributed by atoms with Crippen LogP contribution in [0.3, 0.4) is 0 Å². The average molecular weight is 206 g/mol. The van der Waals surface area contributed by atoms with E-state index >= 15 is 0 Å². The van der Waals surface area contributed by atoms with Gasteiger partial charge in [0, 0.05) is 5.57 Å². The van der Waals surface area contributed by atoms with Crippen molar-refractivity contribution in [3.8, 4) is 5.75 Å². The third kappa shape index (κ3) is 3.85. The van der Waals surface area contributed by atoms with E-state index in [4.69, 9.17) is 9.84 Å². The average Bonchev–Trinajstić information content (AvgIpc) is 2.18. The summed E-state index contributed by atoms with van der Waals surface area (Å²) in [5.41, 5.74) is 0.290. The highest BCUT2D eigenvalue weighted by Gasteiger charge is 2.04. The Morgan fingerprint density at radius 3 is 2.53 bits per heavy atom. The molecule has 0 aliphatic carbocycles. The largest absolute Gasteiger partial charge is 0.487 e. The number of carboxylic acids is 1. The number of para-hydroxylation sites is 1. The van der Waals surface area contributed by atoms with Crippen LogP contribution < -0.4 is 4.74 Å². The lowest BCUT2D eigenvalue weighted by molar-refractivity contribution is -0.132. The van der Waals surface area contributed by atoms with Gasteiger partial charge in [0.25, 0.3) is 0 Å². The third-order valence-electron chi connectivity index (χ3n) is 1.89. The van der Waals surface area contributed by atoms with Gasteiger partial charge in [0.1, 0.15) is 11.9 Å². The summed E-state index contributed by atoms with van der Waals surface area (Å²) < 4.78 is 5.50. The summed E-state index contributed by atoms with van der Waals surface area (Å²) in [7, 11) is 0. The van der Waals surface area contributed by atoms with E-state index in [0.29, 0.717) is 5.57 Å². The summed E-state index contributed by atoms with van der Waals surface area (Å²) in [6.45, 7) is 3.35. The first kappa shape index (κ1) is 11.3. The highest BCUT2D eigenvalue weighted by atomic mass is 16.5. The quantitative estimate of drug-likeness (QED) is 0.770. The van der Waals surface area contributed by atoms with Crippen molar-refractivity contribution < 1.29 is 14.6 Å². The molecule has 15 heavy (non-hydrogen) atoms. The maximum Gasteiger partial charge on any atom is 0.331 e. The zero-order valence-corrected chi connectivity index (χ0v) is 8.81. The van der Waals surface area contributed by atoms with Crippen LogP contribution in [-0.2, 0) is 4.79 Å². The number of hydrogen-bond donors (Lipinski definition) is 1. The van der Waals surface area contributed by atoms with E-state index in [9.17, 15) is 4.79 Å². The monoisotopic (exact) mass is 206 g/mol. The number of rotatable bonds is 4. The van der Waals surface area contributed by atoms with Crippen LogP contribution in [0.5, 0.6) is 5.75 Å². The summed E-state index contributed by atoms with van der Waals surface area (Å²) in [5.74, 6) is -0.182. The number of ether oxygens (including phenoxy) is 1. The Bertz CT molecular complexity index is 354. The molecule has 1 aromatic carbocycles. The van der Waals surface area contributed by atoms with Crippen LogP contribution in [0.2, 0.25) is 0 Å². The van der Waals surface area contributed by atoms with E-state index in [1.807, 2.05) is 30.3 Å². The number of carboxylic acid groups (broad SMARTS) is 1. The van der Waals surface area contributed by atoms with Gasteiger partial charge < -0.3 is 9.84 Å². The lowest BCUT2D eigenvalue weighted by Gasteiger charge is -2.10. The molecular weight excluding hydrogens is 192 g/mol. The minimum absolute atomic E-state index is 0.247. The summed E-state index contributed by atoms with van der Waals surface area (Å²) in [6.07, 6.45) is 1.33. The molecule has 0 amide bonds. The van der Waals surface area contributed by atoms with Gasteiger partial charge in [-0.25, -0.2) is 4.79 Å². The third-order valence-corrected chi connectivity index (χ3v) is 1.89. The Labute approximate surface area is 89.0 Å². The van der Waals surface area contributed by atoms with E-state index in [2.05, 4.69) is 0 Å². The van der Waals surface area contributed by atoms with Crippen LogP contribution >= 0.6 is 0 Å². The van der Waals surface area contributed by atoms with Crippen LogP contribution in [0.4, 0.5) is 0 Å². The van der Waals surface area contributed by atoms with Crippen LogP contribution in [0.25, 0.3) is 0 Å². The van der Waals surface area contributed by atoms with E-state index in [-0.39, 0.29) is 6.10 Å². The molecule has 80 valence electrons. The molecule has 0 aliphatic heterocycles. The SMILES string of the molecule is CC(=CC(C)Oc1ccccc1)C(=O)O. The van der Waals surface area contributed by atoms with Crippen LogP contribution in [0.15, 0.2) is 42.0 Å². The van der Waals surface area contributed by atoms with Gasteiger partial charge in [-0.2, -0.15) is 0 Å². The van der Waals surface area contributed by atoms with Gasteiger partial charge in [-0.3, -0.25) is 0 Å². The molecule has 0 aliphatic rings. The van der Waals surface area contributed by atoms with E-state index in [1.54, 1.807) is 19.9 Å². The zero-order chi connectivity index (χ0) is 11.3. The maximum absolute atomic E-state index is 10.6. The Hall–Kier alpha value is -1.77. The van der Waals surface area contributed by atoms with Crippen LogP contribution in [0.1, 0.15) is 13.8 Å². The van der Waals surface area contributed by atoms with Crippen molar-refractivity contribution in [1.82, 2.24) is 0 Å². The van der Waals surface area contributed by atoms with Crippen molar-refractivity contribution in [1.29, 1.82) is 0 Å². The van der Waals surface area contributed by atoms with Gasteiger partial charge in [-0.05, 0) is 32.1 Å². The standard InChI is InChI=1S/C12H14O3/c1-9(12(13)14)8-10(2)15-11-6-4-3-5-7-11/h3-8,10H,1-2H3,(H,13,14). The fourth-order valence-corrected chi connectivity index (χ4v) is 1.17. The van der Waals surface area contributed by atoms with Gasteiger partial charge in [0.2, 0.25) is 0 Å². The van der Waals surface area contributed by atoms with Crippen LogP contribution in [-0.4, -0.2) is 17.2 Å². The number of benzene rings is 1. The van der Waals surface area contributed by atoms with Crippen molar-refractivity contribution >= 4 is 5.97 Å². The minimum Gasteiger partial charge on any atom is -0.487 e. The highest BCUT2D eigenvalue weighted by Crippen LogP contribution is 2.12. The van der Waals surface area contributed by atoms with E-state index < -0.39 is 5.97 Å². The molecule has 0 radical (unpaired) electrons. The summed E-state index contributed by atoms with van der Waals surface area (Å²) >= 11 is 0. The molecule has 1 unspecified atom stereocenters. The molecule has 1 N–H and O–H groups in total. The van der Waals surface area contributed by atoms with E-state index in [1.165, 1.54) is 0 Å². The van der Waals surface area contributed by atoms with Crippen LogP contribution in [0, 0.1) is 0 Å². The smallest absolute Gasteiger partial charge is 0.331 e. The zero-order valence-electron chi connectivity index (χ0n) is 8.81. The molecule has 0 spiro atoms. The number of carbonyl (C=O) groups is 1. The van der Waals surface area contributed by atoms with Gasteiger partial charge in [0.15, 0.2) is 0 Å². The Morgan fingerprint density at radius 1 is 1.40 bits per heavy atom. The van der Waals surface area contributed by atoms with Gasteiger partial charge >= 0.3 is 5.97 Å². The van der Waals surface area contributed by atoms with E-state index in [0.717, 1.165) is 5.75 Å². The molecule has 0 heterocycles. The molecule has 3 heteroatoms. The van der Waals surface area contributed by atoms with Crippen molar-refractivity contribution in [3.05, 3.63) is 42.0 Å². The van der Waals surface area contributed by atoms with Crippen molar-refractivity contribution in [2.45, 2.75) is 20.0 Å². The molecule has 0 fully saturated rings. The fraction of sp³-hybridized carbons (Fsp3) is 0.250. The molecule has 1 atom stereocenters.